The second-order valence-electron chi connectivity index (χ2n) is 5.37. The molecule has 1 saturated carbocycles. The zero-order chi connectivity index (χ0) is 13.8. The van der Waals surface area contributed by atoms with Gasteiger partial charge >= 0.3 is 5.69 Å². The Hall–Kier alpha value is -0.750. The van der Waals surface area contributed by atoms with Gasteiger partial charge in [-0.25, -0.2) is 9.89 Å². The predicted octanol–water partition coefficient (Wildman–Crippen LogP) is 1.98. The van der Waals surface area contributed by atoms with Crippen LogP contribution in [0.2, 0.25) is 0 Å². The summed E-state index contributed by atoms with van der Waals surface area (Å²) in [6.07, 6.45) is 5.60. The molecule has 19 heavy (non-hydrogen) atoms. The van der Waals surface area contributed by atoms with Crippen LogP contribution >= 0.6 is 11.8 Å². The summed E-state index contributed by atoms with van der Waals surface area (Å²) in [6, 6.07) is 0.217. The van der Waals surface area contributed by atoms with Crippen molar-refractivity contribution in [3.63, 3.8) is 0 Å². The van der Waals surface area contributed by atoms with Crippen LogP contribution in [0.25, 0.3) is 0 Å². The fourth-order valence-electron chi connectivity index (χ4n) is 2.69. The topological polar surface area (TPSA) is 76.7 Å². The molecule has 0 radical (unpaired) electrons. The Morgan fingerprint density at radius 2 is 2.26 bits per heavy atom. The molecule has 0 saturated heterocycles. The third-order valence-corrected chi connectivity index (χ3v) is 5.32. The van der Waals surface area contributed by atoms with E-state index in [1.165, 1.54) is 12.8 Å². The van der Waals surface area contributed by atoms with Gasteiger partial charge < -0.3 is 5.73 Å². The van der Waals surface area contributed by atoms with Gasteiger partial charge in [0.15, 0.2) is 5.16 Å². The molecule has 0 aliphatic heterocycles. The van der Waals surface area contributed by atoms with E-state index < -0.39 is 0 Å². The molecule has 1 aromatic heterocycles. The number of hydrogen-bond donors (Lipinski definition) is 2. The summed E-state index contributed by atoms with van der Waals surface area (Å²) in [6.45, 7) is 5.02. The first kappa shape index (κ1) is 14.7. The SMILES string of the molecule is CCCn1c(SC2CC(CC)CCC2N)n[nH]c1=O. The molecule has 0 spiro atoms. The smallest absolute Gasteiger partial charge is 0.327 e. The van der Waals surface area contributed by atoms with Crippen LogP contribution in [-0.2, 0) is 6.54 Å². The lowest BCUT2D eigenvalue weighted by atomic mass is 9.84. The van der Waals surface area contributed by atoms with Crippen LogP contribution in [0.15, 0.2) is 9.95 Å². The van der Waals surface area contributed by atoms with Gasteiger partial charge in [0.25, 0.3) is 0 Å². The zero-order valence-electron chi connectivity index (χ0n) is 11.8. The van der Waals surface area contributed by atoms with E-state index in [-0.39, 0.29) is 11.7 Å². The molecule has 1 aliphatic carbocycles. The maximum absolute atomic E-state index is 11.7. The van der Waals surface area contributed by atoms with Crippen molar-refractivity contribution in [2.24, 2.45) is 11.7 Å². The lowest BCUT2D eigenvalue weighted by molar-refractivity contribution is 0.327. The van der Waals surface area contributed by atoms with Gasteiger partial charge in [0, 0.05) is 17.8 Å². The average molecular weight is 284 g/mol. The minimum absolute atomic E-state index is 0.110. The Labute approximate surface area is 118 Å². The maximum atomic E-state index is 11.7. The van der Waals surface area contributed by atoms with E-state index in [0.717, 1.165) is 36.9 Å². The van der Waals surface area contributed by atoms with E-state index in [2.05, 4.69) is 24.0 Å². The van der Waals surface area contributed by atoms with Crippen LogP contribution < -0.4 is 11.4 Å². The van der Waals surface area contributed by atoms with Gasteiger partial charge in [0.05, 0.1) is 0 Å². The van der Waals surface area contributed by atoms with Crippen molar-refractivity contribution in [2.75, 3.05) is 0 Å². The summed E-state index contributed by atoms with van der Waals surface area (Å²) in [5.74, 6) is 0.766. The Morgan fingerprint density at radius 1 is 1.47 bits per heavy atom. The molecule has 1 aliphatic rings. The summed E-state index contributed by atoms with van der Waals surface area (Å²) in [4.78, 5) is 11.7. The highest BCUT2D eigenvalue weighted by Gasteiger charge is 2.29. The van der Waals surface area contributed by atoms with Crippen molar-refractivity contribution >= 4 is 11.8 Å². The highest BCUT2D eigenvalue weighted by Crippen LogP contribution is 2.35. The van der Waals surface area contributed by atoms with Gasteiger partial charge in [-0.1, -0.05) is 32.0 Å². The lowest BCUT2D eigenvalue weighted by Gasteiger charge is -2.32. The van der Waals surface area contributed by atoms with Crippen molar-refractivity contribution in [2.45, 2.75) is 68.9 Å². The van der Waals surface area contributed by atoms with Crippen LogP contribution in [0.5, 0.6) is 0 Å². The van der Waals surface area contributed by atoms with Gasteiger partial charge in [0.2, 0.25) is 0 Å². The molecular formula is C13H24N4OS. The van der Waals surface area contributed by atoms with E-state index in [4.69, 9.17) is 5.73 Å². The van der Waals surface area contributed by atoms with Crippen molar-refractivity contribution in [1.82, 2.24) is 14.8 Å². The average Bonchev–Trinajstić information content (AvgIpc) is 2.74. The molecule has 6 heteroatoms. The molecule has 1 fully saturated rings. The van der Waals surface area contributed by atoms with Gasteiger partial charge in [-0.3, -0.25) is 4.57 Å². The minimum Gasteiger partial charge on any atom is -0.327 e. The van der Waals surface area contributed by atoms with Crippen molar-refractivity contribution in [3.8, 4) is 0 Å². The number of aromatic nitrogens is 3. The Morgan fingerprint density at radius 3 is 2.95 bits per heavy atom. The summed E-state index contributed by atoms with van der Waals surface area (Å²) in [5, 5.41) is 7.87. The second-order valence-corrected chi connectivity index (χ2v) is 6.58. The van der Waals surface area contributed by atoms with Crippen molar-refractivity contribution in [3.05, 3.63) is 10.5 Å². The first-order chi connectivity index (χ1) is 9.15. The van der Waals surface area contributed by atoms with Crippen LogP contribution in [-0.4, -0.2) is 26.1 Å². The number of nitrogens with one attached hydrogen (secondary N) is 1. The van der Waals surface area contributed by atoms with Crippen LogP contribution in [0.3, 0.4) is 0 Å². The van der Waals surface area contributed by atoms with Crippen LogP contribution in [0, 0.1) is 5.92 Å². The Bertz CT molecular complexity index is 456. The molecule has 3 atom stereocenters. The van der Waals surface area contributed by atoms with E-state index in [0.29, 0.717) is 5.25 Å². The molecule has 3 unspecified atom stereocenters. The summed E-state index contributed by atoms with van der Waals surface area (Å²) >= 11 is 1.67. The summed E-state index contributed by atoms with van der Waals surface area (Å²) in [5.41, 5.74) is 6.12. The van der Waals surface area contributed by atoms with Crippen LogP contribution in [0.1, 0.15) is 46.0 Å². The molecule has 5 nitrogen and oxygen atoms in total. The van der Waals surface area contributed by atoms with E-state index >= 15 is 0 Å². The molecule has 2 rings (SSSR count). The third kappa shape index (κ3) is 3.42. The first-order valence-electron chi connectivity index (χ1n) is 7.23. The first-order valence-corrected chi connectivity index (χ1v) is 8.11. The monoisotopic (exact) mass is 284 g/mol. The van der Waals surface area contributed by atoms with E-state index in [1.54, 1.807) is 16.3 Å². The molecule has 0 bridgehead atoms. The Kier molecular flexibility index (Phi) is 5.10. The fourth-order valence-corrected chi connectivity index (χ4v) is 4.04. The highest BCUT2D eigenvalue weighted by molar-refractivity contribution is 7.99. The minimum atomic E-state index is -0.110. The van der Waals surface area contributed by atoms with E-state index in [9.17, 15) is 4.79 Å². The van der Waals surface area contributed by atoms with Gasteiger partial charge in [-0.2, -0.15) is 0 Å². The fraction of sp³-hybridized carbons (Fsp3) is 0.846. The molecule has 3 N–H and O–H groups in total. The van der Waals surface area contributed by atoms with Gasteiger partial charge in [0.1, 0.15) is 0 Å². The number of nitrogens with zero attached hydrogens (tertiary/aromatic N) is 2. The number of aromatic amines is 1. The van der Waals surface area contributed by atoms with Crippen molar-refractivity contribution < 1.29 is 0 Å². The third-order valence-electron chi connectivity index (χ3n) is 3.96. The quantitative estimate of drug-likeness (QED) is 0.867. The second kappa shape index (κ2) is 6.61. The van der Waals surface area contributed by atoms with Gasteiger partial charge in [-0.05, 0) is 31.6 Å². The highest BCUT2D eigenvalue weighted by atomic mass is 32.2. The molecule has 1 heterocycles. The van der Waals surface area contributed by atoms with Crippen LogP contribution in [0.4, 0.5) is 0 Å². The maximum Gasteiger partial charge on any atom is 0.343 e. The molecule has 108 valence electrons. The largest absolute Gasteiger partial charge is 0.343 e. The summed E-state index contributed by atoms with van der Waals surface area (Å²) < 4.78 is 1.73. The number of hydrogen-bond acceptors (Lipinski definition) is 4. The molecule has 0 amide bonds. The summed E-state index contributed by atoms with van der Waals surface area (Å²) in [7, 11) is 0. The predicted molar refractivity (Wildman–Crippen MR) is 78.4 cm³/mol. The normalized spacial score (nSPS) is 27.6. The number of H-pyrrole nitrogens is 1. The number of rotatable bonds is 5. The molecule has 1 aromatic rings. The standard InChI is InChI=1S/C13H24N4OS/c1-3-7-17-12(18)15-16-13(17)19-11-8-9(4-2)5-6-10(11)14/h9-11H,3-8,14H2,1-2H3,(H,15,18). The lowest BCUT2D eigenvalue weighted by Crippen LogP contribution is -2.38. The van der Waals surface area contributed by atoms with Crippen molar-refractivity contribution in [1.29, 1.82) is 0 Å². The number of nitrogens with two attached hydrogens (primary N) is 1. The van der Waals surface area contributed by atoms with E-state index in [1.807, 2.05) is 0 Å². The number of thioether (sulfide) groups is 1. The van der Waals surface area contributed by atoms with Gasteiger partial charge in [-0.15, -0.1) is 5.10 Å². The Balaban J connectivity index is 2.09. The zero-order valence-corrected chi connectivity index (χ0v) is 12.6. The molecule has 0 aromatic carbocycles. The molecular weight excluding hydrogens is 260 g/mol.